The molecule has 2 aromatic heterocycles. The van der Waals surface area contributed by atoms with E-state index < -0.39 is 5.91 Å². The standard InChI is InChI=1S/C17H20ClN7O/c1-3-8-25-11-7-5-4-6-10(11)24(2)12(25)9-21-17(26)13-15(19)23-16(20)14(18)22-13/h4-7H,3,8-9H2,1-2H3,(H4-,19,20,21,23,26)/p+1. The molecule has 0 atom stereocenters. The van der Waals surface area contributed by atoms with Gasteiger partial charge in [-0.3, -0.25) is 4.79 Å². The fourth-order valence-corrected chi connectivity index (χ4v) is 3.10. The number of rotatable bonds is 5. The van der Waals surface area contributed by atoms with Crippen LogP contribution < -0.4 is 21.4 Å². The largest absolute Gasteiger partial charge is 0.382 e. The average molecular weight is 375 g/mol. The van der Waals surface area contributed by atoms with E-state index in [1.54, 1.807) is 0 Å². The minimum Gasteiger partial charge on any atom is -0.382 e. The zero-order valence-corrected chi connectivity index (χ0v) is 15.4. The van der Waals surface area contributed by atoms with Gasteiger partial charge in [0, 0.05) is 0 Å². The number of halogens is 1. The maximum absolute atomic E-state index is 12.5. The van der Waals surface area contributed by atoms with Crippen molar-refractivity contribution in [1.82, 2.24) is 19.9 Å². The highest BCUT2D eigenvalue weighted by atomic mass is 35.5. The summed E-state index contributed by atoms with van der Waals surface area (Å²) < 4.78 is 4.26. The number of nitrogens with zero attached hydrogens (tertiary/aromatic N) is 4. The Bertz CT molecular complexity index is 983. The van der Waals surface area contributed by atoms with Crippen molar-refractivity contribution in [3.05, 3.63) is 40.9 Å². The number of benzene rings is 1. The highest BCUT2D eigenvalue weighted by Gasteiger charge is 2.23. The Morgan fingerprint density at radius 1 is 1.27 bits per heavy atom. The van der Waals surface area contributed by atoms with Crippen LogP contribution >= 0.6 is 11.6 Å². The van der Waals surface area contributed by atoms with E-state index in [2.05, 4.69) is 43.5 Å². The van der Waals surface area contributed by atoms with Crippen LogP contribution in [0.2, 0.25) is 5.15 Å². The predicted octanol–water partition coefficient (Wildman–Crippen LogP) is 1.41. The first-order valence-corrected chi connectivity index (χ1v) is 8.64. The molecular formula is C17H21ClN7O+. The first-order valence-electron chi connectivity index (χ1n) is 8.26. The lowest BCUT2D eigenvalue weighted by molar-refractivity contribution is -0.654. The molecule has 1 aromatic carbocycles. The molecular weight excluding hydrogens is 354 g/mol. The molecule has 8 nitrogen and oxygen atoms in total. The van der Waals surface area contributed by atoms with Crippen molar-refractivity contribution in [1.29, 1.82) is 0 Å². The summed E-state index contributed by atoms with van der Waals surface area (Å²) in [4.78, 5) is 20.3. The predicted molar refractivity (Wildman–Crippen MR) is 100 cm³/mol. The molecule has 5 N–H and O–H groups in total. The molecule has 0 spiro atoms. The van der Waals surface area contributed by atoms with E-state index in [0.717, 1.165) is 29.8 Å². The zero-order valence-electron chi connectivity index (χ0n) is 14.7. The van der Waals surface area contributed by atoms with Crippen molar-refractivity contribution < 1.29 is 9.36 Å². The van der Waals surface area contributed by atoms with Crippen molar-refractivity contribution in [2.45, 2.75) is 26.4 Å². The summed E-state index contributed by atoms with van der Waals surface area (Å²) in [7, 11) is 1.98. The third kappa shape index (κ3) is 3.15. The number of nitrogen functional groups attached to an aromatic ring is 2. The van der Waals surface area contributed by atoms with Gasteiger partial charge in [0.25, 0.3) is 11.7 Å². The summed E-state index contributed by atoms with van der Waals surface area (Å²) >= 11 is 5.85. The summed E-state index contributed by atoms with van der Waals surface area (Å²) in [5, 5.41) is 2.79. The Balaban J connectivity index is 1.90. The highest BCUT2D eigenvalue weighted by molar-refractivity contribution is 6.31. The van der Waals surface area contributed by atoms with E-state index >= 15 is 0 Å². The zero-order chi connectivity index (χ0) is 18.8. The molecule has 0 aliphatic carbocycles. The second kappa shape index (κ2) is 7.17. The van der Waals surface area contributed by atoms with E-state index in [-0.39, 0.29) is 22.5 Å². The summed E-state index contributed by atoms with van der Waals surface area (Å²) in [6.07, 6.45) is 0.978. The topological polar surface area (TPSA) is 116 Å². The summed E-state index contributed by atoms with van der Waals surface area (Å²) in [5.41, 5.74) is 13.5. The van der Waals surface area contributed by atoms with Gasteiger partial charge in [0.1, 0.15) is 6.54 Å². The third-order valence-corrected chi connectivity index (χ3v) is 4.48. The van der Waals surface area contributed by atoms with Crippen molar-refractivity contribution >= 4 is 40.2 Å². The van der Waals surface area contributed by atoms with Crippen molar-refractivity contribution in [2.75, 3.05) is 11.5 Å². The van der Waals surface area contributed by atoms with E-state index in [1.807, 2.05) is 19.2 Å². The molecule has 0 unspecified atom stereocenters. The molecule has 9 heteroatoms. The number of nitrogens with two attached hydrogens (primary N) is 2. The number of fused-ring (bicyclic) bond motifs is 1. The number of hydrogen-bond acceptors (Lipinski definition) is 5. The SMILES string of the molecule is CCCn1c(CNC(=O)c2nc(Cl)c(N)nc2N)[n+](C)c2ccccc21. The molecule has 0 bridgehead atoms. The Kier molecular flexibility index (Phi) is 4.94. The molecule has 0 fully saturated rings. The van der Waals surface area contributed by atoms with Gasteiger partial charge in [-0.15, -0.1) is 0 Å². The average Bonchev–Trinajstić information content (AvgIpc) is 2.89. The number of nitrogens with one attached hydrogen (secondary N) is 1. The van der Waals surface area contributed by atoms with Crippen LogP contribution in [0.25, 0.3) is 11.0 Å². The monoisotopic (exact) mass is 374 g/mol. The second-order valence-electron chi connectivity index (χ2n) is 5.93. The molecule has 0 aliphatic heterocycles. The minimum absolute atomic E-state index is 0.00446. The van der Waals surface area contributed by atoms with Gasteiger partial charge >= 0.3 is 0 Å². The maximum Gasteiger partial charge on any atom is 0.276 e. The number of imidazole rings is 1. The van der Waals surface area contributed by atoms with Crippen LogP contribution in [0.5, 0.6) is 0 Å². The van der Waals surface area contributed by atoms with Crippen molar-refractivity contribution in [2.24, 2.45) is 7.05 Å². The van der Waals surface area contributed by atoms with Crippen LogP contribution in [0.1, 0.15) is 29.7 Å². The molecule has 0 saturated carbocycles. The number of carbonyl (C=O) groups excluding carboxylic acids is 1. The number of aromatic nitrogens is 4. The van der Waals surface area contributed by atoms with E-state index in [1.165, 1.54) is 0 Å². The minimum atomic E-state index is -0.454. The number of para-hydroxylation sites is 2. The fraction of sp³-hybridized carbons (Fsp3) is 0.294. The number of hydrogen-bond donors (Lipinski definition) is 3. The first-order chi connectivity index (χ1) is 12.4. The summed E-state index contributed by atoms with van der Waals surface area (Å²) in [6, 6.07) is 8.12. The van der Waals surface area contributed by atoms with Crippen LogP contribution in [-0.2, 0) is 20.1 Å². The van der Waals surface area contributed by atoms with E-state index in [4.69, 9.17) is 23.1 Å². The fourth-order valence-electron chi connectivity index (χ4n) is 2.97. The van der Waals surface area contributed by atoms with Gasteiger partial charge < -0.3 is 16.8 Å². The quantitative estimate of drug-likeness (QED) is 0.584. The lowest BCUT2D eigenvalue weighted by Crippen LogP contribution is -2.38. The summed E-state index contributed by atoms with van der Waals surface area (Å²) in [5.74, 6) is 0.456. The molecule has 136 valence electrons. The Labute approximate surface area is 155 Å². The van der Waals surface area contributed by atoms with Crippen LogP contribution in [0.3, 0.4) is 0 Å². The lowest BCUT2D eigenvalue weighted by atomic mass is 10.3. The Morgan fingerprint density at radius 3 is 2.73 bits per heavy atom. The third-order valence-electron chi connectivity index (χ3n) is 4.21. The molecule has 0 saturated heterocycles. The maximum atomic E-state index is 12.5. The molecule has 26 heavy (non-hydrogen) atoms. The first kappa shape index (κ1) is 17.9. The Hall–Kier alpha value is -2.87. The highest BCUT2D eigenvalue weighted by Crippen LogP contribution is 2.18. The van der Waals surface area contributed by atoms with Gasteiger partial charge in [-0.25, -0.2) is 19.1 Å². The molecule has 0 aliphatic rings. The number of carbonyl (C=O) groups is 1. The summed E-state index contributed by atoms with van der Waals surface area (Å²) in [6.45, 7) is 3.28. The molecule has 0 radical (unpaired) electrons. The van der Waals surface area contributed by atoms with Gasteiger partial charge in [0.2, 0.25) is 0 Å². The van der Waals surface area contributed by atoms with E-state index in [9.17, 15) is 4.79 Å². The lowest BCUT2D eigenvalue weighted by Gasteiger charge is -2.07. The van der Waals surface area contributed by atoms with Crippen LogP contribution in [-0.4, -0.2) is 20.4 Å². The van der Waals surface area contributed by atoms with Crippen molar-refractivity contribution in [3.8, 4) is 0 Å². The smallest absolute Gasteiger partial charge is 0.276 e. The Morgan fingerprint density at radius 2 is 2.00 bits per heavy atom. The van der Waals surface area contributed by atoms with Gasteiger partial charge in [-0.05, 0) is 18.6 Å². The van der Waals surface area contributed by atoms with E-state index in [0.29, 0.717) is 6.54 Å². The van der Waals surface area contributed by atoms with Crippen molar-refractivity contribution in [3.63, 3.8) is 0 Å². The van der Waals surface area contributed by atoms with Gasteiger partial charge in [-0.2, -0.15) is 0 Å². The molecule has 3 rings (SSSR count). The second-order valence-corrected chi connectivity index (χ2v) is 6.29. The van der Waals surface area contributed by atoms with Crippen LogP contribution in [0.15, 0.2) is 24.3 Å². The van der Waals surface area contributed by atoms with Gasteiger partial charge in [0.15, 0.2) is 33.5 Å². The van der Waals surface area contributed by atoms with Gasteiger partial charge in [0.05, 0.1) is 13.6 Å². The molecule has 3 aromatic rings. The normalized spacial score (nSPS) is 11.0. The van der Waals surface area contributed by atoms with Crippen LogP contribution in [0.4, 0.5) is 11.6 Å². The number of aryl methyl sites for hydroxylation is 2. The number of anilines is 2. The molecule has 2 heterocycles. The number of amides is 1. The molecule has 1 amide bonds. The van der Waals surface area contributed by atoms with Gasteiger partial charge in [-0.1, -0.05) is 30.7 Å². The van der Waals surface area contributed by atoms with Crippen LogP contribution in [0, 0.1) is 0 Å².